The number of hydrogen-bond donors (Lipinski definition) is 1. The summed E-state index contributed by atoms with van der Waals surface area (Å²) in [5, 5.41) is 4.25. The lowest BCUT2D eigenvalue weighted by molar-refractivity contribution is 0.102. The summed E-state index contributed by atoms with van der Waals surface area (Å²) in [6.07, 6.45) is 0.916. The van der Waals surface area contributed by atoms with Gasteiger partial charge in [0.2, 0.25) is 0 Å². The molecule has 0 radical (unpaired) electrons. The number of nitrogens with one attached hydrogen (secondary N) is 1. The van der Waals surface area contributed by atoms with E-state index in [1.165, 1.54) is 4.88 Å². The average molecular weight is 414 g/mol. The van der Waals surface area contributed by atoms with Gasteiger partial charge in [-0.1, -0.05) is 35.9 Å². The van der Waals surface area contributed by atoms with Gasteiger partial charge in [-0.25, -0.2) is 4.98 Å². The molecule has 0 bridgehead atoms. The molecule has 0 spiro atoms. The number of fused-ring (bicyclic) bond motifs is 1. The monoisotopic (exact) mass is 413 g/mol. The molecular formula is C21H20ClN3O2S. The standard InChI is InChI=1S/C21H20ClN3O2S/c1-25-11-10-17-19(12-25)28-21(23-17)24-20(26)16-4-2-3-5-18(16)27-13-14-6-8-15(22)9-7-14/h2-9H,10-13H2,1H3,(H,23,24,26). The molecule has 0 atom stereocenters. The fourth-order valence-electron chi connectivity index (χ4n) is 3.06. The number of hydrogen-bond acceptors (Lipinski definition) is 5. The lowest BCUT2D eigenvalue weighted by Gasteiger charge is -2.20. The summed E-state index contributed by atoms with van der Waals surface area (Å²) in [5.41, 5.74) is 2.56. The maximum Gasteiger partial charge on any atom is 0.261 e. The van der Waals surface area contributed by atoms with E-state index in [-0.39, 0.29) is 5.91 Å². The molecule has 5 nitrogen and oxygen atoms in total. The second kappa shape index (κ2) is 8.31. The van der Waals surface area contributed by atoms with Crippen molar-refractivity contribution in [1.82, 2.24) is 9.88 Å². The Morgan fingerprint density at radius 2 is 2.04 bits per heavy atom. The van der Waals surface area contributed by atoms with Crippen molar-refractivity contribution in [3.63, 3.8) is 0 Å². The molecule has 28 heavy (non-hydrogen) atoms. The third-order valence-corrected chi connectivity index (χ3v) is 5.83. The van der Waals surface area contributed by atoms with Crippen molar-refractivity contribution < 1.29 is 9.53 Å². The van der Waals surface area contributed by atoms with Crippen LogP contribution in [0.5, 0.6) is 5.75 Å². The van der Waals surface area contributed by atoms with Crippen LogP contribution in [0.25, 0.3) is 0 Å². The molecule has 1 amide bonds. The second-order valence-electron chi connectivity index (χ2n) is 6.74. The third-order valence-electron chi connectivity index (χ3n) is 4.58. The molecule has 1 aromatic heterocycles. The Morgan fingerprint density at radius 3 is 2.86 bits per heavy atom. The molecule has 3 aromatic rings. The van der Waals surface area contributed by atoms with Gasteiger partial charge in [0.1, 0.15) is 12.4 Å². The van der Waals surface area contributed by atoms with Gasteiger partial charge in [0, 0.05) is 29.4 Å². The first-order valence-electron chi connectivity index (χ1n) is 9.03. The Labute approximate surface area is 172 Å². The molecular weight excluding hydrogens is 394 g/mol. The Bertz CT molecular complexity index is 988. The number of anilines is 1. The normalized spacial score (nSPS) is 13.8. The summed E-state index contributed by atoms with van der Waals surface area (Å²) >= 11 is 7.46. The first kappa shape index (κ1) is 18.9. The number of carbonyl (C=O) groups is 1. The van der Waals surface area contributed by atoms with Crippen LogP contribution in [-0.4, -0.2) is 29.4 Å². The molecule has 7 heteroatoms. The fourth-order valence-corrected chi connectivity index (χ4v) is 4.27. The molecule has 144 valence electrons. The zero-order valence-corrected chi connectivity index (χ0v) is 17.0. The highest BCUT2D eigenvalue weighted by Gasteiger charge is 2.20. The van der Waals surface area contributed by atoms with Crippen molar-refractivity contribution in [1.29, 1.82) is 0 Å². The number of nitrogens with zero attached hydrogens (tertiary/aromatic N) is 2. The highest BCUT2D eigenvalue weighted by atomic mass is 35.5. The molecule has 1 aliphatic heterocycles. The number of halogens is 1. The minimum Gasteiger partial charge on any atom is -0.488 e. The molecule has 0 saturated carbocycles. The van der Waals surface area contributed by atoms with E-state index in [4.69, 9.17) is 16.3 Å². The molecule has 0 saturated heterocycles. The van der Waals surface area contributed by atoms with E-state index in [0.717, 1.165) is 30.8 Å². The first-order chi connectivity index (χ1) is 13.6. The molecule has 2 aromatic carbocycles. The SMILES string of the molecule is CN1CCc2nc(NC(=O)c3ccccc3OCc3ccc(Cl)cc3)sc2C1. The largest absolute Gasteiger partial charge is 0.488 e. The van der Waals surface area contributed by atoms with E-state index in [0.29, 0.717) is 28.1 Å². The zero-order valence-electron chi connectivity index (χ0n) is 15.4. The van der Waals surface area contributed by atoms with Crippen LogP contribution >= 0.6 is 22.9 Å². The number of carbonyl (C=O) groups excluding carboxylic acids is 1. The number of amides is 1. The number of rotatable bonds is 5. The van der Waals surface area contributed by atoms with Gasteiger partial charge in [-0.05, 0) is 36.9 Å². The number of aromatic nitrogens is 1. The van der Waals surface area contributed by atoms with Gasteiger partial charge in [0.25, 0.3) is 5.91 Å². The molecule has 1 N–H and O–H groups in total. The Kier molecular flexibility index (Phi) is 5.62. The van der Waals surface area contributed by atoms with Gasteiger partial charge < -0.3 is 9.64 Å². The van der Waals surface area contributed by atoms with Gasteiger partial charge in [-0.15, -0.1) is 11.3 Å². The van der Waals surface area contributed by atoms with Crippen LogP contribution in [0.2, 0.25) is 5.02 Å². The highest BCUT2D eigenvalue weighted by Crippen LogP contribution is 2.29. The number of para-hydroxylation sites is 1. The van der Waals surface area contributed by atoms with Crippen molar-refractivity contribution in [3.8, 4) is 5.75 Å². The first-order valence-corrected chi connectivity index (χ1v) is 10.2. The predicted octanol–water partition coefficient (Wildman–Crippen LogP) is 4.62. The summed E-state index contributed by atoms with van der Waals surface area (Å²) in [7, 11) is 2.09. The van der Waals surface area contributed by atoms with Gasteiger partial charge >= 0.3 is 0 Å². The van der Waals surface area contributed by atoms with Gasteiger partial charge in [0.15, 0.2) is 5.13 Å². The number of likely N-dealkylation sites (N-methyl/N-ethyl adjacent to an activating group) is 1. The van der Waals surface area contributed by atoms with Gasteiger partial charge in [0.05, 0.1) is 11.3 Å². The fraction of sp³-hybridized carbons (Fsp3) is 0.238. The highest BCUT2D eigenvalue weighted by molar-refractivity contribution is 7.15. The Morgan fingerprint density at radius 1 is 1.25 bits per heavy atom. The second-order valence-corrected chi connectivity index (χ2v) is 8.26. The van der Waals surface area contributed by atoms with E-state index >= 15 is 0 Å². The van der Waals surface area contributed by atoms with Crippen LogP contribution in [0.4, 0.5) is 5.13 Å². The smallest absolute Gasteiger partial charge is 0.261 e. The third kappa shape index (κ3) is 4.35. The molecule has 0 unspecified atom stereocenters. The van der Waals surface area contributed by atoms with Gasteiger partial charge in [-0.2, -0.15) is 0 Å². The van der Waals surface area contributed by atoms with Crippen molar-refractivity contribution in [2.24, 2.45) is 0 Å². The van der Waals surface area contributed by atoms with Gasteiger partial charge in [-0.3, -0.25) is 10.1 Å². The summed E-state index contributed by atoms with van der Waals surface area (Å²) in [6.45, 7) is 2.23. The maximum atomic E-state index is 12.8. The van der Waals surface area contributed by atoms with Crippen molar-refractivity contribution in [2.75, 3.05) is 18.9 Å². The van der Waals surface area contributed by atoms with E-state index in [1.54, 1.807) is 23.5 Å². The van der Waals surface area contributed by atoms with E-state index in [9.17, 15) is 4.79 Å². The average Bonchev–Trinajstić information content (AvgIpc) is 3.09. The maximum absolute atomic E-state index is 12.8. The van der Waals surface area contributed by atoms with Crippen LogP contribution < -0.4 is 10.1 Å². The zero-order chi connectivity index (χ0) is 19.5. The predicted molar refractivity (Wildman–Crippen MR) is 112 cm³/mol. The summed E-state index contributed by atoms with van der Waals surface area (Å²) in [6, 6.07) is 14.7. The van der Waals surface area contributed by atoms with Crippen LogP contribution in [0.1, 0.15) is 26.5 Å². The van der Waals surface area contributed by atoms with Crippen molar-refractivity contribution in [2.45, 2.75) is 19.6 Å². The van der Waals surface area contributed by atoms with Crippen LogP contribution in [0.15, 0.2) is 48.5 Å². The van der Waals surface area contributed by atoms with E-state index in [2.05, 4.69) is 22.2 Å². The van der Waals surface area contributed by atoms with Crippen LogP contribution in [-0.2, 0) is 19.6 Å². The van der Waals surface area contributed by atoms with Crippen molar-refractivity contribution >= 4 is 34.0 Å². The minimum absolute atomic E-state index is 0.217. The Hall–Kier alpha value is -2.41. The Balaban J connectivity index is 1.46. The number of thiazole rings is 1. The topological polar surface area (TPSA) is 54.5 Å². The molecule has 0 fully saturated rings. The minimum atomic E-state index is -0.217. The summed E-state index contributed by atoms with van der Waals surface area (Å²) in [5.74, 6) is 0.321. The molecule has 2 heterocycles. The summed E-state index contributed by atoms with van der Waals surface area (Å²) < 4.78 is 5.89. The lowest BCUT2D eigenvalue weighted by atomic mass is 10.2. The van der Waals surface area contributed by atoms with E-state index in [1.807, 2.05) is 36.4 Å². The lowest BCUT2D eigenvalue weighted by Crippen LogP contribution is -2.25. The van der Waals surface area contributed by atoms with E-state index < -0.39 is 0 Å². The molecule has 4 rings (SSSR count). The molecule has 1 aliphatic rings. The van der Waals surface area contributed by atoms with Crippen molar-refractivity contribution in [3.05, 3.63) is 75.3 Å². The quantitative estimate of drug-likeness (QED) is 0.663. The van der Waals surface area contributed by atoms with Crippen LogP contribution in [0, 0.1) is 0 Å². The summed E-state index contributed by atoms with van der Waals surface area (Å²) in [4.78, 5) is 20.9. The van der Waals surface area contributed by atoms with Crippen LogP contribution in [0.3, 0.4) is 0 Å². The number of benzene rings is 2. The molecule has 0 aliphatic carbocycles. The number of ether oxygens (including phenoxy) is 1.